The van der Waals surface area contributed by atoms with Crippen molar-refractivity contribution in [2.75, 3.05) is 25.6 Å². The van der Waals surface area contributed by atoms with Crippen molar-refractivity contribution in [1.29, 1.82) is 0 Å². The van der Waals surface area contributed by atoms with E-state index >= 15 is 0 Å². The normalized spacial score (nSPS) is 11.9. The number of nitrogens with zero attached hydrogens (tertiary/aromatic N) is 3. The van der Waals surface area contributed by atoms with Crippen LogP contribution in [0.25, 0.3) is 16.6 Å². The molecule has 0 saturated carbocycles. The molecule has 1 heterocycles. The number of benzene rings is 3. The number of fused-ring (bicyclic) bond motifs is 1. The van der Waals surface area contributed by atoms with Crippen molar-refractivity contribution in [3.63, 3.8) is 0 Å². The second kappa shape index (κ2) is 12.0. The summed E-state index contributed by atoms with van der Waals surface area (Å²) in [6.07, 6.45) is 0.469. The molecule has 0 aliphatic rings. The average Bonchev–Trinajstić information content (AvgIpc) is 2.88. The van der Waals surface area contributed by atoms with Crippen molar-refractivity contribution in [1.82, 2.24) is 14.5 Å². The molecule has 0 fully saturated rings. The van der Waals surface area contributed by atoms with Gasteiger partial charge in [-0.1, -0.05) is 59.9 Å². The molecule has 1 atom stereocenters. The highest BCUT2D eigenvalue weighted by atomic mass is 35.5. The second-order valence-electron chi connectivity index (χ2n) is 8.27. The summed E-state index contributed by atoms with van der Waals surface area (Å²) in [5, 5.41) is 4.55. The number of ether oxygens (including phenoxy) is 1. The third kappa shape index (κ3) is 5.91. The van der Waals surface area contributed by atoms with Gasteiger partial charge in [-0.2, -0.15) is 0 Å². The Morgan fingerprint density at radius 1 is 1.05 bits per heavy atom. The molecule has 7 nitrogen and oxygen atoms in total. The summed E-state index contributed by atoms with van der Waals surface area (Å²) in [6, 6.07) is 17.9. The highest BCUT2D eigenvalue weighted by Gasteiger charge is 2.29. The van der Waals surface area contributed by atoms with E-state index in [9.17, 15) is 9.59 Å². The van der Waals surface area contributed by atoms with Gasteiger partial charge >= 0.3 is 6.03 Å². The van der Waals surface area contributed by atoms with Crippen molar-refractivity contribution in [2.24, 2.45) is 0 Å². The van der Waals surface area contributed by atoms with Gasteiger partial charge < -0.3 is 15.0 Å². The minimum Gasteiger partial charge on any atom is -0.383 e. The van der Waals surface area contributed by atoms with Gasteiger partial charge in [0, 0.05) is 23.7 Å². The van der Waals surface area contributed by atoms with Crippen LogP contribution in [0.5, 0.6) is 0 Å². The summed E-state index contributed by atoms with van der Waals surface area (Å²) in [5.74, 6) is 0.405. The number of nitrogens with one attached hydrogen (secondary N) is 1. The Morgan fingerprint density at radius 2 is 1.81 bits per heavy atom. The van der Waals surface area contributed by atoms with Gasteiger partial charge in [0.2, 0.25) is 0 Å². The Hall–Kier alpha value is -3.10. The van der Waals surface area contributed by atoms with E-state index in [1.807, 2.05) is 13.0 Å². The van der Waals surface area contributed by atoms with E-state index in [-0.39, 0.29) is 18.7 Å². The fourth-order valence-electron chi connectivity index (χ4n) is 4.15. The summed E-state index contributed by atoms with van der Waals surface area (Å²) in [5.41, 5.74) is 1.24. The molecule has 4 aromatic rings. The predicted molar refractivity (Wildman–Crippen MR) is 149 cm³/mol. The van der Waals surface area contributed by atoms with E-state index in [1.54, 1.807) is 72.7 Å². The maximum Gasteiger partial charge on any atom is 0.322 e. The summed E-state index contributed by atoms with van der Waals surface area (Å²) in [7, 11) is 1.56. The number of hydrogen-bond donors (Lipinski definition) is 1. The van der Waals surface area contributed by atoms with Gasteiger partial charge in [-0.25, -0.2) is 9.78 Å². The van der Waals surface area contributed by atoms with Crippen LogP contribution in [0.15, 0.2) is 71.5 Å². The Morgan fingerprint density at radius 3 is 2.51 bits per heavy atom. The zero-order valence-corrected chi connectivity index (χ0v) is 22.5. The average molecular weight is 560 g/mol. The fraction of sp³-hybridized carbons (Fsp3) is 0.222. The van der Waals surface area contributed by atoms with Crippen molar-refractivity contribution < 1.29 is 9.53 Å². The zero-order chi connectivity index (χ0) is 26.5. The molecule has 1 aromatic heterocycles. The van der Waals surface area contributed by atoms with Crippen LogP contribution in [-0.2, 0) is 4.74 Å². The van der Waals surface area contributed by atoms with E-state index in [2.05, 4.69) is 5.32 Å². The monoisotopic (exact) mass is 558 g/mol. The summed E-state index contributed by atoms with van der Waals surface area (Å²) < 4.78 is 6.81. The molecule has 4 rings (SSSR count). The lowest BCUT2D eigenvalue weighted by Gasteiger charge is -2.32. The first-order chi connectivity index (χ1) is 17.8. The number of rotatable bonds is 8. The molecule has 192 valence electrons. The molecule has 0 saturated heterocycles. The Kier molecular flexibility index (Phi) is 8.71. The van der Waals surface area contributed by atoms with Crippen LogP contribution in [0.4, 0.5) is 10.5 Å². The Balaban J connectivity index is 1.87. The molecule has 37 heavy (non-hydrogen) atoms. The molecule has 1 N–H and O–H groups in total. The van der Waals surface area contributed by atoms with E-state index < -0.39 is 12.1 Å². The fourth-order valence-corrected chi connectivity index (χ4v) is 4.79. The van der Waals surface area contributed by atoms with Gasteiger partial charge in [0.15, 0.2) is 0 Å². The molecule has 2 amide bonds. The van der Waals surface area contributed by atoms with Crippen LogP contribution in [0, 0.1) is 0 Å². The molecule has 0 aliphatic heterocycles. The van der Waals surface area contributed by atoms with E-state index in [0.717, 1.165) is 0 Å². The number of para-hydroxylation sites is 1. The van der Waals surface area contributed by atoms with Gasteiger partial charge in [0.05, 0.1) is 39.9 Å². The first kappa shape index (κ1) is 26.9. The maximum atomic E-state index is 13.8. The van der Waals surface area contributed by atoms with Crippen LogP contribution < -0.4 is 10.9 Å². The minimum absolute atomic E-state index is 0.240. The molecule has 0 bridgehead atoms. The van der Waals surface area contributed by atoms with E-state index in [4.69, 9.17) is 44.5 Å². The first-order valence-corrected chi connectivity index (χ1v) is 12.8. The number of amides is 2. The molecule has 3 aromatic carbocycles. The van der Waals surface area contributed by atoms with E-state index in [1.165, 1.54) is 4.57 Å². The third-order valence-electron chi connectivity index (χ3n) is 5.90. The largest absolute Gasteiger partial charge is 0.383 e. The highest BCUT2D eigenvalue weighted by molar-refractivity contribution is 6.36. The topological polar surface area (TPSA) is 76.5 Å². The number of anilines is 1. The first-order valence-electron chi connectivity index (χ1n) is 11.6. The van der Waals surface area contributed by atoms with Crippen LogP contribution in [0.2, 0.25) is 15.1 Å². The maximum absolute atomic E-state index is 13.8. The third-order valence-corrected chi connectivity index (χ3v) is 6.68. The number of methoxy groups -OCH3 is 1. The molecular formula is C27H25Cl3N4O3. The summed E-state index contributed by atoms with van der Waals surface area (Å²) >= 11 is 18.6. The molecule has 0 spiro atoms. The summed E-state index contributed by atoms with van der Waals surface area (Å²) in [4.78, 5) is 33.8. The molecular weight excluding hydrogens is 535 g/mol. The van der Waals surface area contributed by atoms with Gasteiger partial charge in [-0.05, 0) is 55.0 Å². The van der Waals surface area contributed by atoms with Crippen LogP contribution in [-0.4, -0.2) is 40.7 Å². The molecule has 1 unspecified atom stereocenters. The standard InChI is InChI=1S/C27H25Cl3N4O3/c1-3-24(33(13-14-37-2)27(36)32-23-12-11-18(29)16-21(23)30)25-31-22-10-5-4-9-20(22)26(35)34(25)19-8-6-7-17(28)15-19/h4-12,15-16,24H,3,13-14H2,1-2H3,(H,32,36). The number of urea groups is 1. The van der Waals surface area contributed by atoms with E-state index in [0.29, 0.717) is 49.6 Å². The number of hydrogen-bond acceptors (Lipinski definition) is 4. The zero-order valence-electron chi connectivity index (χ0n) is 20.2. The predicted octanol–water partition coefficient (Wildman–Crippen LogP) is 6.98. The van der Waals surface area contributed by atoms with Crippen LogP contribution in [0.1, 0.15) is 25.2 Å². The number of halogens is 3. The van der Waals surface area contributed by atoms with Gasteiger partial charge in [-0.3, -0.25) is 9.36 Å². The smallest absolute Gasteiger partial charge is 0.322 e. The van der Waals surface area contributed by atoms with Gasteiger partial charge in [-0.15, -0.1) is 0 Å². The second-order valence-corrected chi connectivity index (χ2v) is 9.55. The molecule has 10 heteroatoms. The summed E-state index contributed by atoms with van der Waals surface area (Å²) in [6.45, 7) is 2.44. The Labute approximate surface area is 229 Å². The molecule has 0 aliphatic carbocycles. The number of carbonyl (C=O) groups is 1. The van der Waals surface area contributed by atoms with Crippen molar-refractivity contribution in [3.05, 3.63) is 98.0 Å². The van der Waals surface area contributed by atoms with Crippen molar-refractivity contribution >= 4 is 57.4 Å². The van der Waals surface area contributed by atoms with Crippen LogP contribution in [0.3, 0.4) is 0 Å². The van der Waals surface area contributed by atoms with Gasteiger partial charge in [0.25, 0.3) is 5.56 Å². The van der Waals surface area contributed by atoms with Crippen molar-refractivity contribution in [2.45, 2.75) is 19.4 Å². The van der Waals surface area contributed by atoms with Crippen molar-refractivity contribution in [3.8, 4) is 5.69 Å². The lowest BCUT2D eigenvalue weighted by atomic mass is 10.1. The molecule has 0 radical (unpaired) electrons. The number of aromatic nitrogens is 2. The quantitative estimate of drug-likeness (QED) is 0.253. The van der Waals surface area contributed by atoms with Gasteiger partial charge in [0.1, 0.15) is 5.82 Å². The lowest BCUT2D eigenvalue weighted by Crippen LogP contribution is -2.42. The lowest BCUT2D eigenvalue weighted by molar-refractivity contribution is 0.131. The number of carbonyl (C=O) groups excluding carboxylic acids is 1. The van der Waals surface area contributed by atoms with Crippen LogP contribution >= 0.6 is 34.8 Å². The highest BCUT2D eigenvalue weighted by Crippen LogP contribution is 2.29. The minimum atomic E-state index is -0.586. The SMILES string of the molecule is CCC(c1nc2ccccc2c(=O)n1-c1cccc(Cl)c1)N(CCOC)C(=O)Nc1ccc(Cl)cc1Cl. The Bertz CT molecular complexity index is 1490.